The number of nitrogens with zero attached hydrogens (tertiary/aromatic N) is 4. The molecule has 1 heterocycles. The predicted octanol–water partition coefficient (Wildman–Crippen LogP) is 3.23. The maximum Gasteiger partial charge on any atom is 0.224 e. The molecule has 0 spiro atoms. The molecule has 1 amide bonds. The number of hydrogen-bond acceptors (Lipinski definition) is 4. The molecule has 0 aliphatic carbocycles. The van der Waals surface area contributed by atoms with E-state index in [1.54, 1.807) is 0 Å². The molecule has 0 bridgehead atoms. The number of guanidine groups is 1. The molecule has 1 aromatic heterocycles. The summed E-state index contributed by atoms with van der Waals surface area (Å²) in [5.41, 5.74) is 2.09. The molecule has 0 radical (unpaired) electrons. The van der Waals surface area contributed by atoms with Crippen molar-refractivity contribution in [3.63, 3.8) is 0 Å². The summed E-state index contributed by atoms with van der Waals surface area (Å²) >= 11 is 0. The van der Waals surface area contributed by atoms with Crippen molar-refractivity contribution in [1.29, 1.82) is 0 Å². The second-order valence-corrected chi connectivity index (χ2v) is 6.99. The number of hydrogen-bond donors (Lipinski definition) is 2. The fourth-order valence-electron chi connectivity index (χ4n) is 3.12. The standard InChI is InChI=1S/C22H34N6O.HI/c1-6-23-22(24-14-13-21(29)28(7-2)8-3)25-16-17-15-20(27(4)5)26-19-12-10-9-11-18(17)19;/h9-12,15H,6-8,13-14,16H2,1-5H3,(H2,23,24,25);1H. The van der Waals surface area contributed by atoms with Gasteiger partial charge in [-0.25, -0.2) is 9.98 Å². The van der Waals surface area contributed by atoms with Gasteiger partial charge in [0.25, 0.3) is 0 Å². The van der Waals surface area contributed by atoms with E-state index >= 15 is 0 Å². The number of amides is 1. The van der Waals surface area contributed by atoms with Gasteiger partial charge in [-0.2, -0.15) is 0 Å². The molecule has 0 saturated carbocycles. The summed E-state index contributed by atoms with van der Waals surface area (Å²) in [5.74, 6) is 1.79. The Bertz CT molecular complexity index is 835. The van der Waals surface area contributed by atoms with Crippen molar-refractivity contribution in [3.8, 4) is 0 Å². The Balaban J connectivity index is 0.00000450. The van der Waals surface area contributed by atoms with Crippen LogP contribution in [0.4, 0.5) is 5.82 Å². The third kappa shape index (κ3) is 7.30. The van der Waals surface area contributed by atoms with E-state index in [4.69, 9.17) is 9.98 Å². The Morgan fingerprint density at radius 2 is 1.80 bits per heavy atom. The van der Waals surface area contributed by atoms with Gasteiger partial charge >= 0.3 is 0 Å². The second kappa shape index (κ2) is 13.3. The maximum absolute atomic E-state index is 12.2. The molecule has 0 aliphatic heterocycles. The molecule has 2 aromatic rings. The van der Waals surface area contributed by atoms with E-state index in [2.05, 4.69) is 22.8 Å². The topological polar surface area (TPSA) is 72.9 Å². The van der Waals surface area contributed by atoms with Crippen molar-refractivity contribution in [1.82, 2.24) is 20.5 Å². The first-order valence-corrected chi connectivity index (χ1v) is 10.4. The average molecular weight is 526 g/mol. The monoisotopic (exact) mass is 526 g/mol. The van der Waals surface area contributed by atoms with Crippen molar-refractivity contribution >= 4 is 52.6 Å². The first-order chi connectivity index (χ1) is 14.0. The van der Waals surface area contributed by atoms with Gasteiger partial charge in [0.2, 0.25) is 5.91 Å². The maximum atomic E-state index is 12.2. The number of nitrogens with one attached hydrogen (secondary N) is 2. The molecule has 0 fully saturated rings. The lowest BCUT2D eigenvalue weighted by Gasteiger charge is -2.19. The Morgan fingerprint density at radius 1 is 1.10 bits per heavy atom. The lowest BCUT2D eigenvalue weighted by atomic mass is 10.1. The van der Waals surface area contributed by atoms with Crippen LogP contribution in [0.3, 0.4) is 0 Å². The Morgan fingerprint density at radius 3 is 2.43 bits per heavy atom. The van der Waals surface area contributed by atoms with Gasteiger partial charge in [0.15, 0.2) is 5.96 Å². The highest BCUT2D eigenvalue weighted by Crippen LogP contribution is 2.22. The van der Waals surface area contributed by atoms with Gasteiger partial charge in [0, 0.05) is 52.1 Å². The Hall–Kier alpha value is -2.10. The van der Waals surface area contributed by atoms with Crippen LogP contribution < -0.4 is 15.5 Å². The van der Waals surface area contributed by atoms with Crippen molar-refractivity contribution in [3.05, 3.63) is 35.9 Å². The number of fused-ring (bicyclic) bond motifs is 1. The smallest absolute Gasteiger partial charge is 0.224 e. The summed E-state index contributed by atoms with van der Waals surface area (Å²) in [4.78, 5) is 25.5. The Kier molecular flexibility index (Phi) is 11.5. The van der Waals surface area contributed by atoms with Crippen LogP contribution in [-0.2, 0) is 11.3 Å². The molecular formula is C22H35IN6O. The fourth-order valence-corrected chi connectivity index (χ4v) is 3.12. The fraction of sp³-hybridized carbons (Fsp3) is 0.500. The van der Waals surface area contributed by atoms with Gasteiger partial charge in [-0.15, -0.1) is 24.0 Å². The molecule has 0 unspecified atom stereocenters. The molecule has 0 aliphatic rings. The minimum atomic E-state index is 0. The zero-order valence-electron chi connectivity index (χ0n) is 18.7. The van der Waals surface area contributed by atoms with Gasteiger partial charge in [-0.05, 0) is 38.5 Å². The lowest BCUT2D eigenvalue weighted by molar-refractivity contribution is -0.130. The zero-order chi connectivity index (χ0) is 21.2. The van der Waals surface area contributed by atoms with Crippen LogP contribution in [0.15, 0.2) is 35.3 Å². The van der Waals surface area contributed by atoms with E-state index < -0.39 is 0 Å². The first kappa shape index (κ1) is 25.9. The lowest BCUT2D eigenvalue weighted by Crippen LogP contribution is -2.40. The zero-order valence-corrected chi connectivity index (χ0v) is 21.1. The summed E-state index contributed by atoms with van der Waals surface area (Å²) in [7, 11) is 3.98. The normalized spacial score (nSPS) is 11.0. The van der Waals surface area contributed by atoms with E-state index in [9.17, 15) is 4.79 Å². The second-order valence-electron chi connectivity index (χ2n) is 6.99. The Labute approximate surface area is 197 Å². The van der Waals surface area contributed by atoms with Crippen LogP contribution in [0.2, 0.25) is 0 Å². The molecule has 8 heteroatoms. The average Bonchev–Trinajstić information content (AvgIpc) is 2.72. The van der Waals surface area contributed by atoms with E-state index in [0.29, 0.717) is 25.5 Å². The molecule has 2 N–H and O–H groups in total. The third-order valence-corrected chi connectivity index (χ3v) is 4.75. The number of carbonyl (C=O) groups is 1. The number of pyridine rings is 1. The number of halogens is 1. The predicted molar refractivity (Wildman–Crippen MR) is 137 cm³/mol. The van der Waals surface area contributed by atoms with Crippen LogP contribution in [0.25, 0.3) is 10.9 Å². The van der Waals surface area contributed by atoms with Gasteiger partial charge in [-0.3, -0.25) is 4.79 Å². The summed E-state index contributed by atoms with van der Waals surface area (Å²) in [6.07, 6.45) is 0.453. The highest BCUT2D eigenvalue weighted by molar-refractivity contribution is 14.0. The summed E-state index contributed by atoms with van der Waals surface area (Å²) in [6.45, 7) is 9.37. The van der Waals surface area contributed by atoms with E-state index in [0.717, 1.165) is 41.9 Å². The molecule has 0 saturated heterocycles. The first-order valence-electron chi connectivity index (χ1n) is 10.4. The summed E-state index contributed by atoms with van der Waals surface area (Å²) < 4.78 is 0. The van der Waals surface area contributed by atoms with Crippen molar-refractivity contribution < 1.29 is 4.79 Å². The highest BCUT2D eigenvalue weighted by atomic mass is 127. The number of rotatable bonds is 9. The highest BCUT2D eigenvalue weighted by Gasteiger charge is 2.10. The number of aliphatic imine (C=N–C) groups is 1. The van der Waals surface area contributed by atoms with Crippen LogP contribution in [0.5, 0.6) is 0 Å². The summed E-state index contributed by atoms with van der Waals surface area (Å²) in [6, 6.07) is 10.2. The number of benzene rings is 1. The minimum absolute atomic E-state index is 0. The molecule has 2 rings (SSSR count). The van der Waals surface area contributed by atoms with Crippen LogP contribution in [0.1, 0.15) is 32.8 Å². The van der Waals surface area contributed by atoms with Crippen LogP contribution in [0, 0.1) is 0 Å². The van der Waals surface area contributed by atoms with Gasteiger partial charge in [0.05, 0.1) is 12.1 Å². The minimum Gasteiger partial charge on any atom is -0.363 e. The van der Waals surface area contributed by atoms with Crippen molar-refractivity contribution in [2.75, 3.05) is 45.2 Å². The molecular weight excluding hydrogens is 491 g/mol. The molecule has 7 nitrogen and oxygen atoms in total. The van der Waals surface area contributed by atoms with Crippen LogP contribution >= 0.6 is 24.0 Å². The van der Waals surface area contributed by atoms with E-state index in [1.165, 1.54) is 0 Å². The van der Waals surface area contributed by atoms with E-state index in [1.807, 2.05) is 62.9 Å². The SMILES string of the molecule is CCNC(=NCc1cc(N(C)C)nc2ccccc12)NCCC(=O)N(CC)CC.I. The van der Waals surface area contributed by atoms with Crippen LogP contribution in [-0.4, -0.2) is 62.0 Å². The quantitative estimate of drug-likeness (QED) is 0.298. The molecule has 30 heavy (non-hydrogen) atoms. The van der Waals surface area contributed by atoms with Crippen molar-refractivity contribution in [2.45, 2.75) is 33.7 Å². The number of aromatic nitrogens is 1. The van der Waals surface area contributed by atoms with Gasteiger partial charge < -0.3 is 20.4 Å². The number of carbonyl (C=O) groups excluding carboxylic acids is 1. The van der Waals surface area contributed by atoms with Gasteiger partial charge in [-0.1, -0.05) is 18.2 Å². The third-order valence-electron chi connectivity index (χ3n) is 4.75. The van der Waals surface area contributed by atoms with E-state index in [-0.39, 0.29) is 29.9 Å². The summed E-state index contributed by atoms with van der Waals surface area (Å²) in [5, 5.41) is 7.64. The number of anilines is 1. The number of para-hydroxylation sites is 1. The molecule has 0 atom stereocenters. The molecule has 166 valence electrons. The van der Waals surface area contributed by atoms with Gasteiger partial charge in [0.1, 0.15) is 5.82 Å². The largest absolute Gasteiger partial charge is 0.363 e. The molecule has 1 aromatic carbocycles. The van der Waals surface area contributed by atoms with Crippen molar-refractivity contribution in [2.24, 2.45) is 4.99 Å².